The third-order valence-electron chi connectivity index (χ3n) is 2.10. The van der Waals surface area contributed by atoms with Gasteiger partial charge >= 0.3 is 0 Å². The van der Waals surface area contributed by atoms with E-state index in [2.05, 4.69) is 0 Å². The highest BCUT2D eigenvalue weighted by Crippen LogP contribution is 2.39. The molecule has 0 unspecified atom stereocenters. The number of ether oxygens (including phenoxy) is 3. The van der Waals surface area contributed by atoms with Gasteiger partial charge in [0.05, 0.1) is 20.5 Å². The summed E-state index contributed by atoms with van der Waals surface area (Å²) in [5, 5.41) is 0. The van der Waals surface area contributed by atoms with Gasteiger partial charge in [-0.25, -0.2) is 0 Å². The van der Waals surface area contributed by atoms with Crippen LogP contribution in [0, 0.1) is 0 Å². The summed E-state index contributed by atoms with van der Waals surface area (Å²) >= 11 is 0. The minimum atomic E-state index is 0.536. The first-order valence-electron chi connectivity index (χ1n) is 4.76. The summed E-state index contributed by atoms with van der Waals surface area (Å²) in [7, 11) is 3.16. The molecule has 2 rings (SSSR count). The summed E-state index contributed by atoms with van der Waals surface area (Å²) in [4.78, 5) is 0. The van der Waals surface area contributed by atoms with Crippen LogP contribution in [-0.4, -0.2) is 14.2 Å². The number of hydrogen-bond acceptors (Lipinski definition) is 4. The fourth-order valence-electron chi connectivity index (χ4n) is 1.35. The Hall–Kier alpha value is -2.10. The number of methoxy groups -OCH3 is 2. The van der Waals surface area contributed by atoms with E-state index in [1.807, 2.05) is 6.07 Å². The number of furan rings is 1. The summed E-state index contributed by atoms with van der Waals surface area (Å²) in [5.41, 5.74) is 0. The molecule has 0 saturated heterocycles. The van der Waals surface area contributed by atoms with Crippen molar-refractivity contribution in [3.05, 3.63) is 36.8 Å². The molecule has 2 aromatic rings. The van der Waals surface area contributed by atoms with E-state index >= 15 is 0 Å². The van der Waals surface area contributed by atoms with Gasteiger partial charge in [0.15, 0.2) is 17.2 Å². The highest BCUT2D eigenvalue weighted by Gasteiger charge is 2.12. The van der Waals surface area contributed by atoms with Gasteiger partial charge in [-0.05, 0) is 12.1 Å². The van der Waals surface area contributed by atoms with Gasteiger partial charge in [0, 0.05) is 6.07 Å². The molecule has 0 spiro atoms. The third kappa shape index (κ3) is 1.95. The van der Waals surface area contributed by atoms with Crippen LogP contribution in [0.5, 0.6) is 23.0 Å². The summed E-state index contributed by atoms with van der Waals surface area (Å²) in [6.45, 7) is 0. The van der Waals surface area contributed by atoms with Crippen LogP contribution < -0.4 is 14.2 Å². The van der Waals surface area contributed by atoms with Gasteiger partial charge in [0.1, 0.15) is 6.26 Å². The quantitative estimate of drug-likeness (QED) is 0.793. The van der Waals surface area contributed by atoms with E-state index in [1.165, 1.54) is 12.5 Å². The Balaban J connectivity index is 2.37. The molecule has 0 aliphatic carbocycles. The maximum Gasteiger partial charge on any atom is 0.211 e. The predicted molar refractivity (Wildman–Crippen MR) is 58.3 cm³/mol. The molecule has 16 heavy (non-hydrogen) atoms. The molecule has 4 heteroatoms. The van der Waals surface area contributed by atoms with E-state index in [0.717, 1.165) is 0 Å². The minimum absolute atomic E-state index is 0.536. The van der Waals surface area contributed by atoms with Crippen molar-refractivity contribution < 1.29 is 18.6 Å². The summed E-state index contributed by atoms with van der Waals surface area (Å²) in [5.74, 6) is 2.36. The van der Waals surface area contributed by atoms with Crippen molar-refractivity contribution in [1.29, 1.82) is 0 Å². The van der Waals surface area contributed by atoms with Gasteiger partial charge < -0.3 is 18.6 Å². The first-order valence-corrected chi connectivity index (χ1v) is 4.76. The molecule has 0 fully saturated rings. The molecule has 0 saturated carbocycles. The molecular formula is C12H12O4. The Morgan fingerprint density at radius 2 is 1.69 bits per heavy atom. The Morgan fingerprint density at radius 1 is 1.00 bits per heavy atom. The number of rotatable bonds is 4. The van der Waals surface area contributed by atoms with Gasteiger partial charge in [-0.3, -0.25) is 0 Å². The van der Waals surface area contributed by atoms with E-state index in [1.54, 1.807) is 32.4 Å². The fraction of sp³-hybridized carbons (Fsp3) is 0.167. The lowest BCUT2D eigenvalue weighted by Crippen LogP contribution is -1.93. The largest absolute Gasteiger partial charge is 0.493 e. The highest BCUT2D eigenvalue weighted by atomic mass is 16.5. The second kappa shape index (κ2) is 4.61. The molecule has 0 bridgehead atoms. The molecule has 0 atom stereocenters. The third-order valence-corrected chi connectivity index (χ3v) is 2.10. The summed E-state index contributed by atoms with van der Waals surface area (Å²) in [6.07, 6.45) is 3.04. The van der Waals surface area contributed by atoms with E-state index < -0.39 is 0 Å². The molecule has 1 aromatic heterocycles. The van der Waals surface area contributed by atoms with Gasteiger partial charge in [-0.1, -0.05) is 6.07 Å². The lowest BCUT2D eigenvalue weighted by atomic mass is 10.3. The average Bonchev–Trinajstić information content (AvgIpc) is 2.82. The summed E-state index contributed by atoms with van der Waals surface area (Å²) < 4.78 is 20.9. The summed E-state index contributed by atoms with van der Waals surface area (Å²) in [6, 6.07) is 7.15. The lowest BCUT2D eigenvalue weighted by Gasteiger charge is -2.12. The first kappa shape index (κ1) is 10.4. The van der Waals surface area contributed by atoms with Crippen LogP contribution in [0.3, 0.4) is 0 Å². The van der Waals surface area contributed by atoms with Crippen molar-refractivity contribution in [2.75, 3.05) is 14.2 Å². The van der Waals surface area contributed by atoms with Crippen LogP contribution in [0.25, 0.3) is 0 Å². The number of hydrogen-bond donors (Lipinski definition) is 0. The van der Waals surface area contributed by atoms with Crippen molar-refractivity contribution in [2.24, 2.45) is 0 Å². The van der Waals surface area contributed by atoms with Crippen LogP contribution in [0.4, 0.5) is 0 Å². The molecular weight excluding hydrogens is 208 g/mol. The van der Waals surface area contributed by atoms with Gasteiger partial charge in [0.2, 0.25) is 5.75 Å². The Kier molecular flexibility index (Phi) is 3.00. The van der Waals surface area contributed by atoms with E-state index in [4.69, 9.17) is 18.6 Å². The van der Waals surface area contributed by atoms with Crippen LogP contribution in [-0.2, 0) is 0 Å². The van der Waals surface area contributed by atoms with Gasteiger partial charge in [0.25, 0.3) is 0 Å². The smallest absolute Gasteiger partial charge is 0.211 e. The zero-order chi connectivity index (χ0) is 11.4. The lowest BCUT2D eigenvalue weighted by molar-refractivity contribution is 0.345. The maximum atomic E-state index is 5.62. The maximum absolute atomic E-state index is 5.62. The van der Waals surface area contributed by atoms with E-state index in [-0.39, 0.29) is 0 Å². The topological polar surface area (TPSA) is 40.8 Å². The van der Waals surface area contributed by atoms with Crippen LogP contribution >= 0.6 is 0 Å². The van der Waals surface area contributed by atoms with Gasteiger partial charge in [-0.15, -0.1) is 0 Å². The first-order chi connectivity index (χ1) is 7.85. The second-order valence-corrected chi connectivity index (χ2v) is 3.05. The Bertz CT molecular complexity index is 426. The SMILES string of the molecule is COc1cccc(OC)c1Oc1ccoc1. The Labute approximate surface area is 93.4 Å². The van der Waals surface area contributed by atoms with Crippen LogP contribution in [0.1, 0.15) is 0 Å². The molecule has 0 N–H and O–H groups in total. The van der Waals surface area contributed by atoms with E-state index in [0.29, 0.717) is 23.0 Å². The van der Waals surface area contributed by atoms with Crippen molar-refractivity contribution in [2.45, 2.75) is 0 Å². The molecule has 1 aromatic carbocycles. The fourth-order valence-corrected chi connectivity index (χ4v) is 1.35. The molecule has 0 aliphatic heterocycles. The average molecular weight is 220 g/mol. The number of para-hydroxylation sites is 1. The number of benzene rings is 1. The standard InChI is InChI=1S/C12H12O4/c1-13-10-4-3-5-11(14-2)12(10)16-9-6-7-15-8-9/h3-8H,1-2H3. The van der Waals surface area contributed by atoms with Crippen molar-refractivity contribution >= 4 is 0 Å². The molecule has 0 amide bonds. The van der Waals surface area contributed by atoms with Crippen LogP contribution in [0.15, 0.2) is 41.2 Å². The molecule has 0 aliphatic rings. The van der Waals surface area contributed by atoms with E-state index in [9.17, 15) is 0 Å². The van der Waals surface area contributed by atoms with Crippen molar-refractivity contribution in [3.8, 4) is 23.0 Å². The normalized spacial score (nSPS) is 9.88. The zero-order valence-electron chi connectivity index (χ0n) is 9.10. The van der Waals surface area contributed by atoms with Crippen LogP contribution in [0.2, 0.25) is 0 Å². The molecule has 4 nitrogen and oxygen atoms in total. The molecule has 84 valence electrons. The van der Waals surface area contributed by atoms with Crippen molar-refractivity contribution in [1.82, 2.24) is 0 Å². The monoisotopic (exact) mass is 220 g/mol. The Morgan fingerprint density at radius 3 is 2.19 bits per heavy atom. The molecule has 1 heterocycles. The molecule has 0 radical (unpaired) electrons. The van der Waals surface area contributed by atoms with Crippen molar-refractivity contribution in [3.63, 3.8) is 0 Å². The highest BCUT2D eigenvalue weighted by molar-refractivity contribution is 5.52. The van der Waals surface area contributed by atoms with Gasteiger partial charge in [-0.2, -0.15) is 0 Å². The predicted octanol–water partition coefficient (Wildman–Crippen LogP) is 3.09. The minimum Gasteiger partial charge on any atom is -0.493 e. The zero-order valence-corrected chi connectivity index (χ0v) is 9.10. The second-order valence-electron chi connectivity index (χ2n) is 3.05.